The fraction of sp³-hybridized carbons (Fsp3) is 0.235. The van der Waals surface area contributed by atoms with Crippen molar-refractivity contribution in [1.82, 2.24) is 5.32 Å². The summed E-state index contributed by atoms with van der Waals surface area (Å²) in [5.41, 5.74) is 2.57. The van der Waals surface area contributed by atoms with Crippen molar-refractivity contribution in [3.05, 3.63) is 65.7 Å². The van der Waals surface area contributed by atoms with Gasteiger partial charge in [-0.2, -0.15) is 0 Å². The molecule has 1 saturated heterocycles. The maximum Gasteiger partial charge on any atom is 0.255 e. The molecular formula is C17H19ClN2O2. The zero-order valence-corrected chi connectivity index (χ0v) is 12.9. The van der Waals surface area contributed by atoms with Crippen LogP contribution in [-0.4, -0.2) is 25.6 Å². The fourth-order valence-corrected chi connectivity index (χ4v) is 2.35. The Hall–Kier alpha value is -1.88. The van der Waals surface area contributed by atoms with Crippen molar-refractivity contribution < 1.29 is 9.53 Å². The minimum Gasteiger partial charge on any atom is -0.371 e. The second-order valence-corrected chi connectivity index (χ2v) is 5.01. The molecule has 1 aliphatic heterocycles. The van der Waals surface area contributed by atoms with E-state index in [1.165, 1.54) is 0 Å². The molecule has 2 N–H and O–H groups in total. The molecule has 1 fully saturated rings. The lowest BCUT2D eigenvalue weighted by Crippen LogP contribution is -2.33. The van der Waals surface area contributed by atoms with Gasteiger partial charge in [-0.05, 0) is 29.8 Å². The molecule has 116 valence electrons. The number of carbonyl (C=O) groups is 1. The Balaban J connectivity index is 0.00000176. The van der Waals surface area contributed by atoms with Crippen LogP contribution in [0.3, 0.4) is 0 Å². The van der Waals surface area contributed by atoms with Crippen LogP contribution < -0.4 is 10.6 Å². The molecule has 2 aromatic rings. The van der Waals surface area contributed by atoms with Crippen LogP contribution in [0.15, 0.2) is 54.6 Å². The lowest BCUT2D eigenvalue weighted by atomic mass is 10.1. The van der Waals surface area contributed by atoms with E-state index in [1.54, 1.807) is 12.1 Å². The maximum absolute atomic E-state index is 12.1. The van der Waals surface area contributed by atoms with Crippen molar-refractivity contribution >= 4 is 24.0 Å². The molecule has 1 amide bonds. The highest BCUT2D eigenvalue weighted by Gasteiger charge is 2.15. The third kappa shape index (κ3) is 4.07. The van der Waals surface area contributed by atoms with Crippen LogP contribution in [0.1, 0.15) is 22.0 Å². The first-order valence-corrected chi connectivity index (χ1v) is 7.11. The first kappa shape index (κ1) is 16.5. The number of benzene rings is 2. The number of carbonyl (C=O) groups excluding carboxylic acids is 1. The predicted molar refractivity (Wildman–Crippen MR) is 89.6 cm³/mol. The van der Waals surface area contributed by atoms with E-state index in [1.807, 2.05) is 42.5 Å². The Labute approximate surface area is 136 Å². The highest BCUT2D eigenvalue weighted by Crippen LogP contribution is 2.21. The Kier molecular flexibility index (Phi) is 5.95. The smallest absolute Gasteiger partial charge is 0.255 e. The lowest BCUT2D eigenvalue weighted by Gasteiger charge is -2.24. The molecule has 5 heteroatoms. The minimum absolute atomic E-state index is 0. The summed E-state index contributed by atoms with van der Waals surface area (Å²) < 4.78 is 5.70. The molecule has 4 nitrogen and oxygen atoms in total. The number of rotatable bonds is 3. The molecule has 0 bridgehead atoms. The topological polar surface area (TPSA) is 50.4 Å². The zero-order valence-electron chi connectivity index (χ0n) is 12.1. The van der Waals surface area contributed by atoms with E-state index in [0.717, 1.165) is 30.9 Å². The summed E-state index contributed by atoms with van der Waals surface area (Å²) in [4.78, 5) is 12.1. The summed E-state index contributed by atoms with van der Waals surface area (Å²) in [6.45, 7) is 2.47. The summed E-state index contributed by atoms with van der Waals surface area (Å²) in [7, 11) is 0. The van der Waals surface area contributed by atoms with Gasteiger partial charge < -0.3 is 15.4 Å². The Morgan fingerprint density at radius 2 is 1.82 bits per heavy atom. The molecular weight excluding hydrogens is 300 g/mol. The quantitative estimate of drug-likeness (QED) is 0.914. The van der Waals surface area contributed by atoms with Crippen LogP contribution >= 0.6 is 12.4 Å². The van der Waals surface area contributed by atoms with Gasteiger partial charge in [0, 0.05) is 24.3 Å². The van der Waals surface area contributed by atoms with Crippen LogP contribution in [0.4, 0.5) is 5.69 Å². The molecule has 0 aliphatic carbocycles. The molecule has 0 saturated carbocycles. The summed E-state index contributed by atoms with van der Waals surface area (Å²) in [6, 6.07) is 17.0. The third-order valence-corrected chi connectivity index (χ3v) is 3.50. The number of morpholine rings is 1. The van der Waals surface area contributed by atoms with Crippen molar-refractivity contribution in [2.45, 2.75) is 6.10 Å². The predicted octanol–water partition coefficient (Wildman–Crippen LogP) is 3.02. The maximum atomic E-state index is 12.1. The highest BCUT2D eigenvalue weighted by atomic mass is 35.5. The van der Waals surface area contributed by atoms with Crippen molar-refractivity contribution in [2.75, 3.05) is 25.0 Å². The normalized spacial score (nSPS) is 17.4. The third-order valence-electron chi connectivity index (χ3n) is 3.50. The SMILES string of the molecule is Cl.O=C(Nc1ccc(C2CNCCO2)cc1)c1ccccc1. The van der Waals surface area contributed by atoms with Gasteiger partial charge in [-0.25, -0.2) is 0 Å². The molecule has 0 radical (unpaired) electrons. The fourth-order valence-electron chi connectivity index (χ4n) is 2.35. The highest BCUT2D eigenvalue weighted by molar-refractivity contribution is 6.04. The summed E-state index contributed by atoms with van der Waals surface area (Å²) in [5, 5.41) is 6.20. The van der Waals surface area contributed by atoms with E-state index in [4.69, 9.17) is 4.74 Å². The lowest BCUT2D eigenvalue weighted by molar-refractivity contribution is 0.0277. The molecule has 2 aromatic carbocycles. The van der Waals surface area contributed by atoms with Gasteiger partial charge in [-0.3, -0.25) is 4.79 Å². The van der Waals surface area contributed by atoms with E-state index >= 15 is 0 Å². The van der Waals surface area contributed by atoms with Crippen LogP contribution in [0.25, 0.3) is 0 Å². The van der Waals surface area contributed by atoms with Crippen molar-refractivity contribution in [3.8, 4) is 0 Å². The number of amides is 1. The standard InChI is InChI=1S/C17H18N2O2.ClH/c20-17(14-4-2-1-3-5-14)19-15-8-6-13(7-9-15)16-12-18-10-11-21-16;/h1-9,16,18H,10-12H2,(H,19,20);1H. The van der Waals surface area contributed by atoms with Gasteiger partial charge in [0.25, 0.3) is 5.91 Å². The van der Waals surface area contributed by atoms with Gasteiger partial charge in [0.15, 0.2) is 0 Å². The van der Waals surface area contributed by atoms with Crippen LogP contribution in [0.5, 0.6) is 0 Å². The van der Waals surface area contributed by atoms with Gasteiger partial charge in [-0.15, -0.1) is 12.4 Å². The monoisotopic (exact) mass is 318 g/mol. The molecule has 1 atom stereocenters. The molecule has 1 unspecified atom stereocenters. The van der Waals surface area contributed by atoms with Gasteiger partial charge in [0.1, 0.15) is 0 Å². The largest absolute Gasteiger partial charge is 0.371 e. The van der Waals surface area contributed by atoms with E-state index in [-0.39, 0.29) is 24.4 Å². The number of ether oxygens (including phenoxy) is 1. The van der Waals surface area contributed by atoms with E-state index < -0.39 is 0 Å². The van der Waals surface area contributed by atoms with Crippen molar-refractivity contribution in [2.24, 2.45) is 0 Å². The zero-order chi connectivity index (χ0) is 14.5. The van der Waals surface area contributed by atoms with Gasteiger partial charge in [0.2, 0.25) is 0 Å². The summed E-state index contributed by atoms with van der Waals surface area (Å²) in [6.07, 6.45) is 0.0950. The van der Waals surface area contributed by atoms with Crippen molar-refractivity contribution in [3.63, 3.8) is 0 Å². The first-order chi connectivity index (χ1) is 10.3. The van der Waals surface area contributed by atoms with Gasteiger partial charge in [0.05, 0.1) is 12.7 Å². The molecule has 22 heavy (non-hydrogen) atoms. The number of hydrogen-bond donors (Lipinski definition) is 2. The second-order valence-electron chi connectivity index (χ2n) is 5.01. The molecule has 1 aliphatic rings. The number of nitrogens with one attached hydrogen (secondary N) is 2. The van der Waals surface area contributed by atoms with Crippen LogP contribution in [-0.2, 0) is 4.74 Å². The summed E-state index contributed by atoms with van der Waals surface area (Å²) in [5.74, 6) is -0.0982. The second kappa shape index (κ2) is 7.94. The van der Waals surface area contributed by atoms with E-state index in [9.17, 15) is 4.79 Å². The Morgan fingerprint density at radius 3 is 2.45 bits per heavy atom. The van der Waals surface area contributed by atoms with Crippen LogP contribution in [0.2, 0.25) is 0 Å². The van der Waals surface area contributed by atoms with Crippen LogP contribution in [0, 0.1) is 0 Å². The number of halogens is 1. The molecule has 0 spiro atoms. The first-order valence-electron chi connectivity index (χ1n) is 7.11. The molecule has 3 rings (SSSR count). The van der Waals surface area contributed by atoms with Gasteiger partial charge in [-0.1, -0.05) is 30.3 Å². The molecule has 1 heterocycles. The average Bonchev–Trinajstić information content (AvgIpc) is 2.57. The van der Waals surface area contributed by atoms with E-state index in [2.05, 4.69) is 10.6 Å². The van der Waals surface area contributed by atoms with E-state index in [0.29, 0.717) is 5.56 Å². The average molecular weight is 319 g/mol. The summed E-state index contributed by atoms with van der Waals surface area (Å²) >= 11 is 0. The number of hydrogen-bond acceptors (Lipinski definition) is 3. The Bertz CT molecular complexity index is 596. The molecule has 0 aromatic heterocycles. The Morgan fingerprint density at radius 1 is 1.09 bits per heavy atom. The number of anilines is 1. The van der Waals surface area contributed by atoms with Gasteiger partial charge >= 0.3 is 0 Å². The van der Waals surface area contributed by atoms with Crippen molar-refractivity contribution in [1.29, 1.82) is 0 Å². The minimum atomic E-state index is -0.0982.